The van der Waals surface area contributed by atoms with E-state index in [1.54, 1.807) is 0 Å². The van der Waals surface area contributed by atoms with Crippen LogP contribution in [0.2, 0.25) is 5.04 Å². The predicted octanol–water partition coefficient (Wildman–Crippen LogP) is 1.66. The summed E-state index contributed by atoms with van der Waals surface area (Å²) in [5.74, 6) is -1.24. The number of carboxylic acids is 1. The van der Waals surface area contributed by atoms with Gasteiger partial charge in [0.2, 0.25) is 0 Å². The van der Waals surface area contributed by atoms with Crippen molar-refractivity contribution in [2.24, 2.45) is 11.7 Å². The number of hydrogen-bond acceptors (Lipinski definition) is 5. The molecular weight excluding hydrogens is 420 g/mol. The Morgan fingerprint density at radius 2 is 1.62 bits per heavy atom. The second-order valence-electron chi connectivity index (χ2n) is 9.83. The number of aliphatic carboxylic acids is 1. The normalized spacial score (nSPS) is 23.2. The summed E-state index contributed by atoms with van der Waals surface area (Å²) in [6, 6.07) is 19.4. The molecule has 1 fully saturated rings. The summed E-state index contributed by atoms with van der Waals surface area (Å²) in [5.41, 5.74) is 5.99. The van der Waals surface area contributed by atoms with Gasteiger partial charge in [-0.3, -0.25) is 9.69 Å². The predicted molar refractivity (Wildman–Crippen MR) is 130 cm³/mol. The molecule has 0 aromatic heterocycles. The standard InChI is InChI=1S/C25H36N2O4Si/c1-25(2,3)32(20-11-7-5-8-12-20,21-13-9-6-10-14-21)31-17-19-15-18(16-28)23(27(19)4)22(26)24(29)30/h5-14,18-19,22-23,28H,15-17,26H2,1-4H3,(H,29,30)/t18-,19+,22+,23-/m1/s1. The van der Waals surface area contributed by atoms with Crippen LogP contribution in [-0.4, -0.2) is 67.8 Å². The van der Waals surface area contributed by atoms with Crippen molar-refractivity contribution < 1.29 is 19.4 Å². The maximum atomic E-state index is 11.6. The van der Waals surface area contributed by atoms with Crippen LogP contribution >= 0.6 is 0 Å². The van der Waals surface area contributed by atoms with E-state index < -0.39 is 26.4 Å². The van der Waals surface area contributed by atoms with Gasteiger partial charge < -0.3 is 20.4 Å². The van der Waals surface area contributed by atoms with Crippen LogP contribution in [0, 0.1) is 5.92 Å². The molecule has 4 N–H and O–H groups in total. The van der Waals surface area contributed by atoms with Crippen molar-refractivity contribution >= 4 is 24.7 Å². The van der Waals surface area contributed by atoms with E-state index in [1.807, 2.05) is 24.1 Å². The van der Waals surface area contributed by atoms with Crippen LogP contribution in [0.25, 0.3) is 0 Å². The third kappa shape index (κ3) is 4.54. The van der Waals surface area contributed by atoms with Gasteiger partial charge in [0.1, 0.15) is 6.04 Å². The van der Waals surface area contributed by atoms with Crippen LogP contribution in [0.4, 0.5) is 0 Å². The number of likely N-dealkylation sites (tertiary alicyclic amines) is 1. The fourth-order valence-corrected chi connectivity index (χ4v) is 9.87. The molecule has 3 rings (SSSR count). The molecule has 1 aliphatic rings. The molecule has 1 saturated heterocycles. The number of carbonyl (C=O) groups is 1. The van der Waals surface area contributed by atoms with Gasteiger partial charge in [0, 0.05) is 24.6 Å². The van der Waals surface area contributed by atoms with Crippen molar-refractivity contribution in [2.45, 2.75) is 50.4 Å². The Balaban J connectivity index is 1.97. The highest BCUT2D eigenvalue weighted by molar-refractivity contribution is 6.99. The molecule has 0 unspecified atom stereocenters. The largest absolute Gasteiger partial charge is 0.480 e. The lowest BCUT2D eigenvalue weighted by Gasteiger charge is -2.44. The number of nitrogens with zero attached hydrogens (tertiary/aromatic N) is 1. The highest BCUT2D eigenvalue weighted by Crippen LogP contribution is 2.38. The van der Waals surface area contributed by atoms with Crippen LogP contribution in [0.3, 0.4) is 0 Å². The summed E-state index contributed by atoms with van der Waals surface area (Å²) < 4.78 is 7.03. The lowest BCUT2D eigenvalue weighted by atomic mass is 9.94. The van der Waals surface area contributed by atoms with Crippen molar-refractivity contribution in [1.82, 2.24) is 4.90 Å². The van der Waals surface area contributed by atoms with E-state index in [9.17, 15) is 15.0 Å². The Labute approximate surface area is 192 Å². The van der Waals surface area contributed by atoms with Gasteiger partial charge in [-0.1, -0.05) is 81.4 Å². The summed E-state index contributed by atoms with van der Waals surface area (Å²) in [6.45, 7) is 7.06. The highest BCUT2D eigenvalue weighted by atomic mass is 28.4. The fourth-order valence-electron chi connectivity index (χ4n) is 5.27. The Morgan fingerprint density at radius 3 is 2.03 bits per heavy atom. The van der Waals surface area contributed by atoms with Crippen molar-refractivity contribution in [1.29, 1.82) is 0 Å². The monoisotopic (exact) mass is 456 g/mol. The molecule has 2 aromatic rings. The van der Waals surface area contributed by atoms with E-state index >= 15 is 0 Å². The quantitative estimate of drug-likeness (QED) is 0.523. The van der Waals surface area contributed by atoms with Gasteiger partial charge in [0.05, 0.1) is 6.61 Å². The van der Waals surface area contributed by atoms with Gasteiger partial charge in [-0.15, -0.1) is 0 Å². The molecule has 0 amide bonds. The maximum absolute atomic E-state index is 11.6. The molecule has 4 atom stereocenters. The zero-order valence-corrected chi connectivity index (χ0v) is 20.4. The summed E-state index contributed by atoms with van der Waals surface area (Å²) in [6.07, 6.45) is 0.650. The van der Waals surface area contributed by atoms with Gasteiger partial charge in [0.25, 0.3) is 8.32 Å². The van der Waals surface area contributed by atoms with E-state index in [0.717, 1.165) is 0 Å². The van der Waals surface area contributed by atoms with Crippen LogP contribution < -0.4 is 16.1 Å². The number of likely N-dealkylation sites (N-methyl/N-ethyl adjacent to an activating group) is 1. The second-order valence-corrected chi connectivity index (χ2v) is 14.1. The molecule has 7 heteroatoms. The molecule has 174 valence electrons. The Morgan fingerprint density at radius 1 is 1.12 bits per heavy atom. The number of aliphatic hydroxyl groups excluding tert-OH is 1. The lowest BCUT2D eigenvalue weighted by Crippen LogP contribution is -2.67. The number of aliphatic hydroxyl groups is 1. The van der Waals surface area contributed by atoms with Crippen LogP contribution in [-0.2, 0) is 9.22 Å². The number of nitrogens with two attached hydrogens (primary N) is 1. The molecule has 0 radical (unpaired) electrons. The first kappa shape index (κ1) is 24.6. The van der Waals surface area contributed by atoms with Gasteiger partial charge >= 0.3 is 5.97 Å². The first-order chi connectivity index (χ1) is 15.1. The molecule has 0 saturated carbocycles. The zero-order chi connectivity index (χ0) is 23.5. The minimum absolute atomic E-state index is 0.0239. The molecule has 1 aliphatic heterocycles. The molecule has 0 aliphatic carbocycles. The number of benzene rings is 2. The molecular formula is C25H36N2O4Si. The van der Waals surface area contributed by atoms with E-state index in [2.05, 4.69) is 69.3 Å². The van der Waals surface area contributed by atoms with Crippen molar-refractivity contribution in [3.63, 3.8) is 0 Å². The van der Waals surface area contributed by atoms with Crippen molar-refractivity contribution in [3.8, 4) is 0 Å². The molecule has 2 aromatic carbocycles. The average Bonchev–Trinajstić information content (AvgIpc) is 3.09. The lowest BCUT2D eigenvalue weighted by molar-refractivity contribution is -0.140. The smallest absolute Gasteiger partial charge is 0.322 e. The van der Waals surface area contributed by atoms with Crippen molar-refractivity contribution in [3.05, 3.63) is 60.7 Å². The van der Waals surface area contributed by atoms with E-state index in [4.69, 9.17) is 10.2 Å². The van der Waals surface area contributed by atoms with E-state index in [0.29, 0.717) is 13.0 Å². The molecule has 6 nitrogen and oxygen atoms in total. The SMILES string of the molecule is CN1[C@H](CO[Si](c2ccccc2)(c2ccccc2)C(C)(C)C)C[C@H](CO)[C@@H]1[C@H](N)C(=O)O. The second kappa shape index (κ2) is 9.85. The topological polar surface area (TPSA) is 96.0 Å². The Hall–Kier alpha value is -2.03. The summed E-state index contributed by atoms with van der Waals surface area (Å²) in [5, 5.41) is 21.6. The van der Waals surface area contributed by atoms with Crippen LogP contribution in [0.1, 0.15) is 27.2 Å². The summed E-state index contributed by atoms with van der Waals surface area (Å²) in [4.78, 5) is 13.6. The Bertz CT molecular complexity index is 848. The highest BCUT2D eigenvalue weighted by Gasteiger charge is 2.51. The van der Waals surface area contributed by atoms with Crippen LogP contribution in [0.15, 0.2) is 60.7 Å². The van der Waals surface area contributed by atoms with Crippen molar-refractivity contribution in [2.75, 3.05) is 20.3 Å². The number of hydrogen-bond donors (Lipinski definition) is 3. The molecule has 1 heterocycles. The molecule has 0 spiro atoms. The Kier molecular flexibility index (Phi) is 7.57. The first-order valence-corrected chi connectivity index (χ1v) is 13.1. The summed E-state index contributed by atoms with van der Waals surface area (Å²) >= 11 is 0. The molecule has 32 heavy (non-hydrogen) atoms. The first-order valence-electron chi connectivity index (χ1n) is 11.2. The number of rotatable bonds is 8. The van der Waals surface area contributed by atoms with E-state index in [1.165, 1.54) is 10.4 Å². The van der Waals surface area contributed by atoms with E-state index in [-0.39, 0.29) is 23.6 Å². The van der Waals surface area contributed by atoms with Gasteiger partial charge in [-0.2, -0.15) is 0 Å². The van der Waals surface area contributed by atoms with Crippen LogP contribution in [0.5, 0.6) is 0 Å². The third-order valence-corrected chi connectivity index (χ3v) is 11.9. The number of carboxylic acid groups (broad SMARTS) is 1. The summed E-state index contributed by atoms with van der Waals surface area (Å²) in [7, 11) is -0.795. The average molecular weight is 457 g/mol. The maximum Gasteiger partial charge on any atom is 0.322 e. The van der Waals surface area contributed by atoms with Gasteiger partial charge in [0.15, 0.2) is 0 Å². The fraction of sp³-hybridized carbons (Fsp3) is 0.480. The molecule has 0 bridgehead atoms. The minimum Gasteiger partial charge on any atom is -0.480 e. The third-order valence-electron chi connectivity index (χ3n) is 6.90. The zero-order valence-electron chi connectivity index (χ0n) is 19.4. The van der Waals surface area contributed by atoms with Gasteiger partial charge in [-0.05, 0) is 28.9 Å². The minimum atomic E-state index is -2.69. The van der Waals surface area contributed by atoms with Gasteiger partial charge in [-0.25, -0.2) is 0 Å².